The quantitative estimate of drug-likeness (QED) is 0.698. The summed E-state index contributed by atoms with van der Waals surface area (Å²) in [6.45, 7) is 5.35. The molecule has 1 aliphatic carbocycles. The minimum Gasteiger partial charge on any atom is -0.452 e. The highest BCUT2D eigenvalue weighted by atomic mass is 32.2. The number of carbonyl (C=O) groups excluding carboxylic acids is 2. The molecule has 1 aliphatic rings. The molecule has 156 valence electrons. The summed E-state index contributed by atoms with van der Waals surface area (Å²) in [5, 5.41) is 2.89. The molecule has 0 bridgehead atoms. The maximum atomic E-state index is 12.6. The predicted octanol–water partition coefficient (Wildman–Crippen LogP) is 2.57. The molecular weight excluding hydrogens is 380 g/mol. The Hall–Kier alpha value is -1.93. The van der Waals surface area contributed by atoms with E-state index in [9.17, 15) is 18.0 Å². The monoisotopic (exact) mass is 410 g/mol. The smallest absolute Gasteiger partial charge is 0.338 e. The number of nitrogens with one attached hydrogen (secondary N) is 1. The van der Waals surface area contributed by atoms with Crippen LogP contribution in [0.4, 0.5) is 0 Å². The Morgan fingerprint density at radius 3 is 2.46 bits per heavy atom. The van der Waals surface area contributed by atoms with Crippen molar-refractivity contribution in [3.63, 3.8) is 0 Å². The van der Waals surface area contributed by atoms with Crippen LogP contribution in [0.25, 0.3) is 0 Å². The zero-order chi connectivity index (χ0) is 20.9. The van der Waals surface area contributed by atoms with Crippen LogP contribution < -0.4 is 5.32 Å². The minimum atomic E-state index is -3.70. The van der Waals surface area contributed by atoms with Gasteiger partial charge in [-0.15, -0.1) is 0 Å². The molecule has 0 heterocycles. The van der Waals surface area contributed by atoms with E-state index in [0.717, 1.165) is 25.7 Å². The minimum absolute atomic E-state index is 0.0129. The van der Waals surface area contributed by atoms with Gasteiger partial charge in [-0.1, -0.05) is 13.0 Å². The molecule has 1 amide bonds. The lowest BCUT2D eigenvalue weighted by Crippen LogP contribution is -2.39. The molecule has 0 spiro atoms. The number of carbonyl (C=O) groups is 2. The first-order valence-electron chi connectivity index (χ1n) is 9.66. The fraction of sp³-hybridized carbons (Fsp3) is 0.600. The van der Waals surface area contributed by atoms with Crippen molar-refractivity contribution in [3.05, 3.63) is 29.8 Å². The van der Waals surface area contributed by atoms with Crippen LogP contribution in [0.5, 0.6) is 0 Å². The second kappa shape index (κ2) is 9.52. The van der Waals surface area contributed by atoms with Gasteiger partial charge in [0, 0.05) is 19.1 Å². The second-order valence-electron chi connectivity index (χ2n) is 7.74. The first-order chi connectivity index (χ1) is 13.1. The van der Waals surface area contributed by atoms with Gasteiger partial charge in [-0.2, -0.15) is 4.31 Å². The lowest BCUT2D eigenvalue weighted by Gasteiger charge is -2.26. The molecule has 28 heavy (non-hydrogen) atoms. The van der Waals surface area contributed by atoms with Crippen molar-refractivity contribution < 1.29 is 22.7 Å². The highest BCUT2D eigenvalue weighted by Crippen LogP contribution is 2.23. The first-order valence-corrected chi connectivity index (χ1v) is 11.1. The van der Waals surface area contributed by atoms with Gasteiger partial charge in [0.1, 0.15) is 0 Å². The number of hydrogen-bond donors (Lipinski definition) is 1. The van der Waals surface area contributed by atoms with Crippen molar-refractivity contribution in [2.24, 2.45) is 5.92 Å². The summed E-state index contributed by atoms with van der Waals surface area (Å²) in [6, 6.07) is 5.58. The largest absolute Gasteiger partial charge is 0.452 e. The second-order valence-corrected chi connectivity index (χ2v) is 9.74. The summed E-state index contributed by atoms with van der Waals surface area (Å²) in [7, 11) is -2.22. The van der Waals surface area contributed by atoms with Crippen molar-refractivity contribution in [2.45, 2.75) is 63.4 Å². The van der Waals surface area contributed by atoms with Gasteiger partial charge in [0.05, 0.1) is 10.5 Å². The third-order valence-corrected chi connectivity index (χ3v) is 7.22. The molecule has 0 unspecified atom stereocenters. The van der Waals surface area contributed by atoms with Crippen LogP contribution in [-0.2, 0) is 19.6 Å². The van der Waals surface area contributed by atoms with Gasteiger partial charge in [-0.3, -0.25) is 4.79 Å². The van der Waals surface area contributed by atoms with Crippen LogP contribution in [0.15, 0.2) is 29.2 Å². The van der Waals surface area contributed by atoms with E-state index < -0.39 is 16.0 Å². The molecule has 0 aromatic heterocycles. The Bertz CT molecular complexity index is 799. The van der Waals surface area contributed by atoms with Crippen LogP contribution in [-0.4, -0.2) is 50.3 Å². The van der Waals surface area contributed by atoms with Crippen LogP contribution in [0.1, 0.15) is 56.8 Å². The van der Waals surface area contributed by atoms with Gasteiger partial charge < -0.3 is 10.1 Å². The molecule has 2 rings (SSSR count). The number of esters is 1. The van der Waals surface area contributed by atoms with Crippen LogP contribution in [0.2, 0.25) is 0 Å². The van der Waals surface area contributed by atoms with E-state index in [-0.39, 0.29) is 35.1 Å². The van der Waals surface area contributed by atoms with Crippen molar-refractivity contribution in [1.29, 1.82) is 0 Å². The SMILES string of the molecule is CC1CCC(NC(=O)COC(=O)c2cccc(S(=O)(=O)N(C)C(C)C)c2)CC1. The normalized spacial score (nSPS) is 20.2. The number of hydrogen-bond acceptors (Lipinski definition) is 5. The Morgan fingerprint density at radius 2 is 1.86 bits per heavy atom. The van der Waals surface area contributed by atoms with Crippen molar-refractivity contribution in [3.8, 4) is 0 Å². The molecule has 0 aliphatic heterocycles. The van der Waals surface area contributed by atoms with Crippen molar-refractivity contribution >= 4 is 21.9 Å². The molecular formula is C20H30N2O5S. The summed E-state index contributed by atoms with van der Waals surface area (Å²) in [5.41, 5.74) is 0.0949. The zero-order valence-corrected chi connectivity index (χ0v) is 17.8. The molecule has 1 N–H and O–H groups in total. The van der Waals surface area contributed by atoms with E-state index >= 15 is 0 Å². The standard InChI is InChI=1S/C20H30N2O5S/c1-14(2)22(4)28(25,26)18-7-5-6-16(12-18)20(24)27-13-19(23)21-17-10-8-15(3)9-11-17/h5-7,12,14-15,17H,8-11,13H2,1-4H3,(H,21,23). The fourth-order valence-corrected chi connectivity index (χ4v) is 4.53. The number of rotatable bonds is 7. The topological polar surface area (TPSA) is 92.8 Å². The molecule has 1 aromatic rings. The van der Waals surface area contributed by atoms with Gasteiger partial charge in [-0.05, 0) is 63.6 Å². The Morgan fingerprint density at radius 1 is 1.21 bits per heavy atom. The Balaban J connectivity index is 1.95. The van der Waals surface area contributed by atoms with Gasteiger partial charge in [-0.25, -0.2) is 13.2 Å². The maximum absolute atomic E-state index is 12.6. The van der Waals surface area contributed by atoms with Crippen LogP contribution >= 0.6 is 0 Å². The number of sulfonamides is 1. The fourth-order valence-electron chi connectivity index (χ4n) is 3.12. The summed E-state index contributed by atoms with van der Waals surface area (Å²) < 4.78 is 31.4. The summed E-state index contributed by atoms with van der Waals surface area (Å²) >= 11 is 0. The van der Waals surface area contributed by atoms with Gasteiger partial charge in [0.15, 0.2) is 6.61 Å². The number of ether oxygens (including phenoxy) is 1. The van der Waals surface area contributed by atoms with E-state index in [2.05, 4.69) is 12.2 Å². The maximum Gasteiger partial charge on any atom is 0.338 e. The lowest BCUT2D eigenvalue weighted by molar-refractivity contribution is -0.125. The molecule has 0 atom stereocenters. The van der Waals surface area contributed by atoms with E-state index in [4.69, 9.17) is 4.74 Å². The first kappa shape index (κ1) is 22.4. The Kier molecular flexibility index (Phi) is 7.60. The summed E-state index contributed by atoms with van der Waals surface area (Å²) in [6.07, 6.45) is 4.03. The zero-order valence-electron chi connectivity index (χ0n) is 17.0. The molecule has 0 saturated heterocycles. The Labute approximate surface area is 167 Å². The molecule has 7 nitrogen and oxygen atoms in total. The average molecular weight is 411 g/mol. The van der Waals surface area contributed by atoms with Crippen molar-refractivity contribution in [2.75, 3.05) is 13.7 Å². The van der Waals surface area contributed by atoms with Crippen molar-refractivity contribution in [1.82, 2.24) is 9.62 Å². The summed E-state index contributed by atoms with van der Waals surface area (Å²) in [4.78, 5) is 24.3. The molecule has 0 radical (unpaired) electrons. The summed E-state index contributed by atoms with van der Waals surface area (Å²) in [5.74, 6) is -0.378. The van der Waals surface area contributed by atoms with E-state index in [1.807, 2.05) is 0 Å². The number of amides is 1. The van der Waals surface area contributed by atoms with E-state index in [1.54, 1.807) is 13.8 Å². The van der Waals surface area contributed by atoms with E-state index in [1.165, 1.54) is 35.6 Å². The lowest BCUT2D eigenvalue weighted by atomic mass is 9.87. The van der Waals surface area contributed by atoms with Crippen LogP contribution in [0.3, 0.4) is 0 Å². The highest BCUT2D eigenvalue weighted by molar-refractivity contribution is 7.89. The molecule has 1 saturated carbocycles. The highest BCUT2D eigenvalue weighted by Gasteiger charge is 2.24. The molecule has 8 heteroatoms. The number of benzene rings is 1. The van der Waals surface area contributed by atoms with Gasteiger partial charge in [0.25, 0.3) is 5.91 Å². The molecule has 1 aromatic carbocycles. The van der Waals surface area contributed by atoms with Gasteiger partial charge >= 0.3 is 5.97 Å². The predicted molar refractivity (Wildman–Crippen MR) is 106 cm³/mol. The van der Waals surface area contributed by atoms with Crippen LogP contribution in [0, 0.1) is 5.92 Å². The molecule has 1 fully saturated rings. The number of nitrogens with zero attached hydrogens (tertiary/aromatic N) is 1. The van der Waals surface area contributed by atoms with E-state index in [0.29, 0.717) is 5.92 Å². The third kappa shape index (κ3) is 5.78. The average Bonchev–Trinajstić information content (AvgIpc) is 2.67. The van der Waals surface area contributed by atoms with Gasteiger partial charge in [0.2, 0.25) is 10.0 Å². The third-order valence-electron chi connectivity index (χ3n) is 5.19.